The molecule has 0 unspecified atom stereocenters. The highest BCUT2D eigenvalue weighted by Gasteiger charge is 2.12. The Labute approximate surface area is 176 Å². The maximum atomic E-state index is 4.70. The second-order valence-corrected chi connectivity index (χ2v) is 6.96. The van der Waals surface area contributed by atoms with E-state index in [4.69, 9.17) is 4.99 Å². The molecule has 0 amide bonds. The molecule has 0 aromatic carbocycles. The van der Waals surface area contributed by atoms with Gasteiger partial charge in [0.05, 0.1) is 6.54 Å². The molecule has 0 aliphatic heterocycles. The first-order valence-electron chi connectivity index (χ1n) is 9.25. The zero-order valence-electron chi connectivity index (χ0n) is 17.4. The zero-order chi connectivity index (χ0) is 18.8. The lowest BCUT2D eigenvalue weighted by Crippen LogP contribution is -2.45. The van der Waals surface area contributed by atoms with E-state index in [-0.39, 0.29) is 24.0 Å². The van der Waals surface area contributed by atoms with Crippen molar-refractivity contribution in [2.75, 3.05) is 38.6 Å². The number of nitrogens with zero attached hydrogens (tertiary/aromatic N) is 4. The van der Waals surface area contributed by atoms with Gasteiger partial charge in [0.2, 0.25) is 0 Å². The number of hydrogen-bond acceptors (Lipinski definition) is 4. The molecule has 0 radical (unpaired) electrons. The first-order chi connectivity index (χ1) is 11.8. The molecule has 7 heteroatoms. The average Bonchev–Trinajstić information content (AvgIpc) is 2.55. The monoisotopic (exact) mass is 476 g/mol. The molecule has 0 bridgehead atoms. The Kier molecular flexibility index (Phi) is 12.6. The molecule has 1 rings (SSSR count). The third-order valence-electron chi connectivity index (χ3n) is 4.02. The first-order valence-corrected chi connectivity index (χ1v) is 9.25. The van der Waals surface area contributed by atoms with Crippen molar-refractivity contribution >= 4 is 35.8 Å². The minimum absolute atomic E-state index is 0. The van der Waals surface area contributed by atoms with Crippen LogP contribution in [0.2, 0.25) is 0 Å². The Morgan fingerprint density at radius 2 is 1.81 bits per heavy atom. The smallest absolute Gasteiger partial charge is 0.191 e. The number of nitrogens with one attached hydrogen (secondary N) is 2. The van der Waals surface area contributed by atoms with Gasteiger partial charge in [-0.2, -0.15) is 0 Å². The Bertz CT molecular complexity index is 523. The highest BCUT2D eigenvalue weighted by atomic mass is 127. The van der Waals surface area contributed by atoms with Crippen LogP contribution in [0.15, 0.2) is 23.3 Å². The minimum atomic E-state index is 0. The third-order valence-corrected chi connectivity index (χ3v) is 4.02. The standard InChI is InChI=1S/C19H36N6.HI/c1-8-20-19(22-11-12-25(15(2)3)16(4)5)23-14-17-9-10-21-18(13-17)24(6)7;/h9-10,13,15-16H,8,11-12,14H2,1-7H3,(H2,20,22,23);1H. The number of anilines is 1. The van der Waals surface area contributed by atoms with Gasteiger partial charge < -0.3 is 15.5 Å². The van der Waals surface area contributed by atoms with Crippen molar-refractivity contribution in [2.24, 2.45) is 4.99 Å². The van der Waals surface area contributed by atoms with Crippen LogP contribution in [-0.2, 0) is 6.54 Å². The van der Waals surface area contributed by atoms with Crippen LogP contribution in [0.5, 0.6) is 0 Å². The predicted molar refractivity (Wildman–Crippen MR) is 124 cm³/mol. The Morgan fingerprint density at radius 3 is 2.35 bits per heavy atom. The van der Waals surface area contributed by atoms with E-state index < -0.39 is 0 Å². The Morgan fingerprint density at radius 1 is 1.15 bits per heavy atom. The van der Waals surface area contributed by atoms with Crippen molar-refractivity contribution in [1.29, 1.82) is 0 Å². The van der Waals surface area contributed by atoms with Gasteiger partial charge in [0.15, 0.2) is 5.96 Å². The van der Waals surface area contributed by atoms with Crippen LogP contribution < -0.4 is 15.5 Å². The fourth-order valence-electron chi connectivity index (χ4n) is 2.73. The number of halogens is 1. The summed E-state index contributed by atoms with van der Waals surface area (Å²) in [5.74, 6) is 1.81. The number of pyridine rings is 1. The Balaban J connectivity index is 0.00000625. The maximum Gasteiger partial charge on any atom is 0.191 e. The van der Waals surface area contributed by atoms with Crippen LogP contribution in [0, 0.1) is 0 Å². The quantitative estimate of drug-likeness (QED) is 0.326. The molecule has 0 spiro atoms. The number of guanidine groups is 1. The molecule has 0 saturated carbocycles. The lowest BCUT2D eigenvalue weighted by molar-refractivity contribution is 0.178. The van der Waals surface area contributed by atoms with Crippen LogP contribution in [0.3, 0.4) is 0 Å². The molecule has 1 aromatic rings. The summed E-state index contributed by atoms with van der Waals surface area (Å²) in [6.07, 6.45) is 1.84. The van der Waals surface area contributed by atoms with E-state index in [1.165, 1.54) is 0 Å². The first kappa shape index (κ1) is 24.9. The number of aliphatic imine (C=N–C) groups is 1. The minimum Gasteiger partial charge on any atom is -0.363 e. The van der Waals surface area contributed by atoms with E-state index in [0.717, 1.165) is 37.0 Å². The summed E-state index contributed by atoms with van der Waals surface area (Å²) in [6.45, 7) is 14.4. The maximum absolute atomic E-state index is 4.70. The van der Waals surface area contributed by atoms with Crippen LogP contribution >= 0.6 is 24.0 Å². The van der Waals surface area contributed by atoms with E-state index in [0.29, 0.717) is 18.6 Å². The molecular weight excluding hydrogens is 439 g/mol. The second kappa shape index (κ2) is 13.1. The summed E-state index contributed by atoms with van der Waals surface area (Å²) < 4.78 is 0. The molecule has 0 aliphatic carbocycles. The molecule has 0 saturated heterocycles. The molecular formula is C19H37IN6. The van der Waals surface area contributed by atoms with Crippen LogP contribution in [-0.4, -0.2) is 61.7 Å². The van der Waals surface area contributed by atoms with E-state index >= 15 is 0 Å². The largest absolute Gasteiger partial charge is 0.363 e. The van der Waals surface area contributed by atoms with Crippen molar-refractivity contribution in [2.45, 2.75) is 53.2 Å². The van der Waals surface area contributed by atoms with Crippen LogP contribution in [0.1, 0.15) is 40.2 Å². The van der Waals surface area contributed by atoms with Crippen LogP contribution in [0.4, 0.5) is 5.82 Å². The molecule has 2 N–H and O–H groups in total. The van der Waals surface area contributed by atoms with E-state index in [9.17, 15) is 0 Å². The predicted octanol–water partition coefficient (Wildman–Crippen LogP) is 2.94. The summed E-state index contributed by atoms with van der Waals surface area (Å²) in [7, 11) is 3.99. The van der Waals surface area contributed by atoms with E-state index in [1.807, 2.05) is 31.3 Å². The van der Waals surface area contributed by atoms with Gasteiger partial charge in [-0.05, 0) is 52.3 Å². The van der Waals surface area contributed by atoms with Crippen molar-refractivity contribution in [1.82, 2.24) is 20.5 Å². The van der Waals surface area contributed by atoms with Gasteiger partial charge in [0.1, 0.15) is 5.82 Å². The molecule has 1 heterocycles. The van der Waals surface area contributed by atoms with Gasteiger partial charge in [-0.25, -0.2) is 9.98 Å². The Hall–Kier alpha value is -1.09. The average molecular weight is 476 g/mol. The summed E-state index contributed by atoms with van der Waals surface area (Å²) in [5.41, 5.74) is 1.15. The van der Waals surface area contributed by atoms with E-state index in [1.54, 1.807) is 0 Å². The summed E-state index contributed by atoms with van der Waals surface area (Å²) in [4.78, 5) is 13.5. The molecule has 26 heavy (non-hydrogen) atoms. The van der Waals surface area contributed by atoms with Crippen molar-refractivity contribution in [3.8, 4) is 0 Å². The molecule has 150 valence electrons. The van der Waals surface area contributed by atoms with Crippen molar-refractivity contribution < 1.29 is 0 Å². The van der Waals surface area contributed by atoms with Crippen LogP contribution in [0.25, 0.3) is 0 Å². The molecule has 6 nitrogen and oxygen atoms in total. The van der Waals surface area contributed by atoms with Crippen molar-refractivity contribution in [3.05, 3.63) is 23.9 Å². The third kappa shape index (κ3) is 9.02. The fourth-order valence-corrected chi connectivity index (χ4v) is 2.73. The highest BCUT2D eigenvalue weighted by Crippen LogP contribution is 2.10. The summed E-state index contributed by atoms with van der Waals surface area (Å²) in [6, 6.07) is 5.18. The fraction of sp³-hybridized carbons (Fsp3) is 0.684. The lowest BCUT2D eigenvalue weighted by Gasteiger charge is -2.30. The summed E-state index contributed by atoms with van der Waals surface area (Å²) >= 11 is 0. The van der Waals surface area contributed by atoms with Gasteiger partial charge in [0, 0.05) is 52.0 Å². The number of aromatic nitrogens is 1. The lowest BCUT2D eigenvalue weighted by atomic mass is 10.2. The molecule has 1 aromatic heterocycles. The SMILES string of the molecule is CCNC(=NCc1ccnc(N(C)C)c1)NCCN(C(C)C)C(C)C.I. The molecule has 0 aliphatic rings. The summed E-state index contributed by atoms with van der Waals surface area (Å²) in [5, 5.41) is 6.76. The van der Waals surface area contributed by atoms with Gasteiger partial charge >= 0.3 is 0 Å². The number of hydrogen-bond donors (Lipinski definition) is 2. The number of rotatable bonds is 9. The van der Waals surface area contributed by atoms with Gasteiger partial charge in [-0.15, -0.1) is 24.0 Å². The van der Waals surface area contributed by atoms with Gasteiger partial charge in [-0.3, -0.25) is 4.90 Å². The van der Waals surface area contributed by atoms with Gasteiger partial charge in [0.25, 0.3) is 0 Å². The zero-order valence-corrected chi connectivity index (χ0v) is 19.7. The molecule has 0 fully saturated rings. The molecule has 0 atom stereocenters. The van der Waals surface area contributed by atoms with E-state index in [2.05, 4.69) is 61.2 Å². The second-order valence-electron chi connectivity index (χ2n) is 6.96. The topological polar surface area (TPSA) is 55.8 Å². The van der Waals surface area contributed by atoms with Gasteiger partial charge in [-0.1, -0.05) is 0 Å². The highest BCUT2D eigenvalue weighted by molar-refractivity contribution is 14.0. The normalized spacial score (nSPS) is 11.7. The van der Waals surface area contributed by atoms with Crippen molar-refractivity contribution in [3.63, 3.8) is 0 Å².